The fourth-order valence-electron chi connectivity index (χ4n) is 4.36. The minimum absolute atomic E-state index is 0.0238. The van der Waals surface area contributed by atoms with Crippen molar-refractivity contribution < 1.29 is 4.79 Å². The molecule has 2 aliphatic rings. The van der Waals surface area contributed by atoms with Gasteiger partial charge in [0.05, 0.1) is 18.2 Å². The Morgan fingerprint density at radius 3 is 2.86 bits per heavy atom. The highest BCUT2D eigenvalue weighted by atomic mass is 35.5. The third kappa shape index (κ3) is 4.53. The van der Waals surface area contributed by atoms with Gasteiger partial charge in [0.15, 0.2) is 11.5 Å². The van der Waals surface area contributed by atoms with Crippen molar-refractivity contribution in [3.8, 4) is 6.07 Å². The number of carbonyl (C=O) groups is 1. The van der Waals surface area contributed by atoms with E-state index in [1.165, 1.54) is 24.7 Å². The molecule has 2 atom stereocenters. The van der Waals surface area contributed by atoms with Crippen molar-refractivity contribution in [2.24, 2.45) is 5.92 Å². The number of rotatable bonds is 7. The molecule has 1 aromatic carbocycles. The van der Waals surface area contributed by atoms with Crippen LogP contribution in [0.2, 0.25) is 5.02 Å². The highest BCUT2D eigenvalue weighted by Gasteiger charge is 2.45. The van der Waals surface area contributed by atoms with Gasteiger partial charge in [-0.1, -0.05) is 17.7 Å². The molecule has 0 radical (unpaired) electrons. The van der Waals surface area contributed by atoms with Crippen LogP contribution in [0.25, 0.3) is 5.65 Å². The van der Waals surface area contributed by atoms with Crippen LogP contribution in [0, 0.1) is 17.2 Å². The number of halogens is 1. The van der Waals surface area contributed by atoms with Crippen molar-refractivity contribution >= 4 is 34.8 Å². The zero-order chi connectivity index (χ0) is 23.9. The molecule has 3 heterocycles. The largest absolute Gasteiger partial charge is 0.363 e. The molecule has 0 spiro atoms. The summed E-state index contributed by atoms with van der Waals surface area (Å²) in [4.78, 5) is 25.7. The van der Waals surface area contributed by atoms with Gasteiger partial charge >= 0.3 is 0 Å². The highest BCUT2D eigenvalue weighted by molar-refractivity contribution is 6.30. The van der Waals surface area contributed by atoms with E-state index in [9.17, 15) is 10.1 Å². The molecule has 35 heavy (non-hydrogen) atoms. The van der Waals surface area contributed by atoms with E-state index in [0.29, 0.717) is 46.9 Å². The molecule has 6 rings (SSSR count). The monoisotopic (exact) mass is 484 g/mol. The molecular weight excluding hydrogens is 464 g/mol. The molecule has 1 amide bonds. The molecule has 10 heteroatoms. The average molecular weight is 485 g/mol. The Balaban J connectivity index is 1.09. The Hall–Kier alpha value is -4.03. The molecule has 2 fully saturated rings. The van der Waals surface area contributed by atoms with Crippen molar-refractivity contribution in [1.29, 1.82) is 5.26 Å². The summed E-state index contributed by atoms with van der Waals surface area (Å²) < 4.78 is 1.82. The smallest absolute Gasteiger partial charge is 0.229 e. The second-order valence-corrected chi connectivity index (χ2v) is 9.43. The van der Waals surface area contributed by atoms with E-state index in [-0.39, 0.29) is 17.7 Å². The molecule has 0 unspecified atom stereocenters. The van der Waals surface area contributed by atoms with E-state index < -0.39 is 0 Å². The number of benzene rings is 1. The first-order valence-electron chi connectivity index (χ1n) is 11.5. The Morgan fingerprint density at radius 2 is 2.03 bits per heavy atom. The van der Waals surface area contributed by atoms with Crippen LogP contribution in [-0.4, -0.2) is 30.5 Å². The third-order valence-corrected chi connectivity index (χ3v) is 6.69. The van der Waals surface area contributed by atoms with Gasteiger partial charge < -0.3 is 10.6 Å². The van der Waals surface area contributed by atoms with Crippen molar-refractivity contribution in [3.63, 3.8) is 0 Å². The number of carbonyl (C=O) groups excluding carboxylic acids is 1. The normalized spacial score (nSPS) is 18.7. The Bertz CT molecular complexity index is 1490. The lowest BCUT2D eigenvalue weighted by molar-refractivity contribution is -0.117. The second kappa shape index (κ2) is 8.64. The maximum absolute atomic E-state index is 12.8. The summed E-state index contributed by atoms with van der Waals surface area (Å²) in [6.45, 7) is 0.390. The van der Waals surface area contributed by atoms with Gasteiger partial charge in [-0.3, -0.25) is 4.79 Å². The van der Waals surface area contributed by atoms with Gasteiger partial charge in [-0.25, -0.2) is 19.5 Å². The van der Waals surface area contributed by atoms with Crippen LogP contribution in [0.3, 0.4) is 0 Å². The van der Waals surface area contributed by atoms with Crippen LogP contribution in [0.1, 0.15) is 53.6 Å². The summed E-state index contributed by atoms with van der Waals surface area (Å²) in [5, 5.41) is 20.5. The summed E-state index contributed by atoms with van der Waals surface area (Å²) in [5.74, 6) is 1.88. The predicted molar refractivity (Wildman–Crippen MR) is 130 cm³/mol. The number of hydrogen-bond acceptors (Lipinski definition) is 7. The Morgan fingerprint density at radius 1 is 1.17 bits per heavy atom. The van der Waals surface area contributed by atoms with Crippen molar-refractivity contribution in [2.75, 3.05) is 10.6 Å². The van der Waals surface area contributed by atoms with Gasteiger partial charge in [-0.05, 0) is 66.5 Å². The van der Waals surface area contributed by atoms with Crippen LogP contribution in [-0.2, 0) is 11.3 Å². The van der Waals surface area contributed by atoms with Crippen LogP contribution in [0.4, 0.5) is 11.6 Å². The van der Waals surface area contributed by atoms with Crippen LogP contribution < -0.4 is 10.6 Å². The van der Waals surface area contributed by atoms with Crippen molar-refractivity contribution in [2.45, 2.75) is 37.6 Å². The predicted octanol–water partition coefficient (Wildman–Crippen LogP) is 4.28. The number of pyridine rings is 1. The van der Waals surface area contributed by atoms with E-state index in [1.807, 2.05) is 10.6 Å². The Labute approximate surface area is 206 Å². The fourth-order valence-corrected chi connectivity index (χ4v) is 4.54. The van der Waals surface area contributed by atoms with E-state index in [4.69, 9.17) is 11.6 Å². The van der Waals surface area contributed by atoms with Gasteiger partial charge in [0.2, 0.25) is 5.91 Å². The van der Waals surface area contributed by atoms with Crippen LogP contribution in [0.15, 0.2) is 48.9 Å². The fraction of sp³-hybridized carbons (Fsp3) is 0.280. The molecule has 0 aliphatic heterocycles. The summed E-state index contributed by atoms with van der Waals surface area (Å²) in [5.41, 5.74) is 3.47. The molecule has 4 aromatic rings. The summed E-state index contributed by atoms with van der Waals surface area (Å²) in [6.07, 6.45) is 6.59. The Kier molecular flexibility index (Phi) is 5.30. The lowest BCUT2D eigenvalue weighted by Crippen LogP contribution is -2.16. The number of hydrogen-bond donors (Lipinski definition) is 2. The van der Waals surface area contributed by atoms with E-state index in [0.717, 1.165) is 11.2 Å². The van der Waals surface area contributed by atoms with Gasteiger partial charge in [-0.2, -0.15) is 5.26 Å². The molecule has 3 aromatic heterocycles. The summed E-state index contributed by atoms with van der Waals surface area (Å²) in [7, 11) is 0. The average Bonchev–Trinajstić information content (AvgIpc) is 3.79. The molecule has 9 nitrogen and oxygen atoms in total. The van der Waals surface area contributed by atoms with E-state index >= 15 is 0 Å². The molecule has 174 valence electrons. The quantitative estimate of drug-likeness (QED) is 0.401. The molecular formula is C25H21ClN8O. The first kappa shape index (κ1) is 21.5. The number of amides is 1. The molecule has 2 N–H and O–H groups in total. The second-order valence-electron chi connectivity index (χ2n) is 8.99. The van der Waals surface area contributed by atoms with Gasteiger partial charge in [0.1, 0.15) is 18.0 Å². The minimum atomic E-state index is -0.227. The number of nitrogens with zero attached hydrogens (tertiary/aromatic N) is 6. The van der Waals surface area contributed by atoms with Gasteiger partial charge in [-0.15, -0.1) is 5.10 Å². The third-order valence-electron chi connectivity index (χ3n) is 6.45. The number of fused-ring (bicyclic) bond motifs is 1. The zero-order valence-corrected chi connectivity index (χ0v) is 19.4. The van der Waals surface area contributed by atoms with Gasteiger partial charge in [0.25, 0.3) is 0 Å². The first-order valence-corrected chi connectivity index (χ1v) is 11.9. The van der Waals surface area contributed by atoms with Crippen LogP contribution in [0.5, 0.6) is 0 Å². The first-order chi connectivity index (χ1) is 17.1. The standard InChI is InChI=1S/C25H21ClN8O/c26-17-5-3-15(10-27)18(7-17)19-8-20(19)25(35)32-22-9-21(29-13-30-22)28-11-23-31-24-6-4-16(14-1-2-14)12-34(24)33-23/h3-7,9,12-14,19-20H,1-2,8,11H2,(H2,28,29,30,32,35)/t19-,20+/m1/s1. The van der Waals surface area contributed by atoms with E-state index in [1.54, 1.807) is 24.3 Å². The van der Waals surface area contributed by atoms with Crippen LogP contribution >= 0.6 is 11.6 Å². The maximum atomic E-state index is 12.8. The minimum Gasteiger partial charge on any atom is -0.363 e. The topological polar surface area (TPSA) is 121 Å². The van der Waals surface area contributed by atoms with E-state index in [2.05, 4.69) is 49.0 Å². The summed E-state index contributed by atoms with van der Waals surface area (Å²) in [6, 6.07) is 13.1. The molecule has 2 aliphatic carbocycles. The molecule has 2 saturated carbocycles. The summed E-state index contributed by atoms with van der Waals surface area (Å²) >= 11 is 6.09. The maximum Gasteiger partial charge on any atom is 0.229 e. The number of aromatic nitrogens is 5. The number of nitriles is 1. The zero-order valence-electron chi connectivity index (χ0n) is 18.6. The molecule has 0 saturated heterocycles. The molecule has 0 bridgehead atoms. The highest BCUT2D eigenvalue weighted by Crippen LogP contribution is 2.49. The lowest BCUT2D eigenvalue weighted by Gasteiger charge is -2.07. The number of anilines is 2. The lowest BCUT2D eigenvalue weighted by atomic mass is 10.0. The number of nitrogens with one attached hydrogen (secondary N) is 2. The SMILES string of the molecule is N#Cc1ccc(Cl)cc1[C@H]1C[C@@H]1C(=O)Nc1cc(NCc2nc3ccc(C4CC4)cn3n2)ncn1. The van der Waals surface area contributed by atoms with Crippen molar-refractivity contribution in [3.05, 3.63) is 76.5 Å². The van der Waals surface area contributed by atoms with Gasteiger partial charge in [0, 0.05) is 23.2 Å². The van der Waals surface area contributed by atoms with Crippen molar-refractivity contribution in [1.82, 2.24) is 24.6 Å².